The van der Waals surface area contributed by atoms with E-state index in [2.05, 4.69) is 16.5 Å². The van der Waals surface area contributed by atoms with Crippen molar-refractivity contribution < 1.29 is 0 Å². The van der Waals surface area contributed by atoms with Crippen LogP contribution in [0, 0.1) is 18.3 Å². The van der Waals surface area contributed by atoms with E-state index >= 15 is 0 Å². The first kappa shape index (κ1) is 11.2. The summed E-state index contributed by atoms with van der Waals surface area (Å²) in [6.07, 6.45) is 3.55. The van der Waals surface area contributed by atoms with Crippen LogP contribution in [0.2, 0.25) is 0 Å². The van der Waals surface area contributed by atoms with E-state index in [4.69, 9.17) is 5.26 Å². The molecular weight excluding hydrogens is 212 g/mol. The molecule has 1 unspecified atom stereocenters. The largest absolute Gasteiger partial charge is 0.366 e. The zero-order valence-corrected chi connectivity index (χ0v) is 9.88. The highest BCUT2D eigenvalue weighted by Gasteiger charge is 2.11. The number of aryl methyl sites for hydroxylation is 2. The second-order valence-corrected chi connectivity index (χ2v) is 4.02. The van der Waals surface area contributed by atoms with E-state index in [0.29, 0.717) is 0 Å². The molecule has 0 aliphatic heterocycles. The molecule has 17 heavy (non-hydrogen) atoms. The van der Waals surface area contributed by atoms with Gasteiger partial charge in [-0.1, -0.05) is 17.7 Å². The van der Waals surface area contributed by atoms with Gasteiger partial charge in [0.15, 0.2) is 0 Å². The van der Waals surface area contributed by atoms with Crippen molar-refractivity contribution in [1.29, 1.82) is 5.26 Å². The van der Waals surface area contributed by atoms with E-state index in [9.17, 15) is 0 Å². The smallest absolute Gasteiger partial charge is 0.143 e. The fourth-order valence-electron chi connectivity index (χ4n) is 1.60. The number of nitrogens with zero attached hydrogens (tertiary/aromatic N) is 3. The van der Waals surface area contributed by atoms with Gasteiger partial charge >= 0.3 is 0 Å². The molecule has 1 atom stereocenters. The Morgan fingerprint density at radius 2 is 2.06 bits per heavy atom. The maximum absolute atomic E-state index is 9.16. The van der Waals surface area contributed by atoms with Gasteiger partial charge in [-0.3, -0.25) is 4.68 Å². The maximum atomic E-state index is 9.16. The Balaban J connectivity index is 2.16. The van der Waals surface area contributed by atoms with Crippen LogP contribution >= 0.6 is 0 Å². The topological polar surface area (TPSA) is 53.6 Å². The fourth-order valence-corrected chi connectivity index (χ4v) is 1.60. The summed E-state index contributed by atoms with van der Waals surface area (Å²) in [4.78, 5) is 0. The molecule has 0 amide bonds. The van der Waals surface area contributed by atoms with Gasteiger partial charge in [0.2, 0.25) is 0 Å². The summed E-state index contributed by atoms with van der Waals surface area (Å²) in [5, 5.41) is 16.4. The number of hydrogen-bond donors (Lipinski definition) is 1. The first-order valence-corrected chi connectivity index (χ1v) is 5.40. The summed E-state index contributed by atoms with van der Waals surface area (Å²) < 4.78 is 1.69. The number of rotatable bonds is 3. The fraction of sp³-hybridized carbons (Fsp3) is 0.231. The van der Waals surface area contributed by atoms with Crippen LogP contribution in [0.4, 0.5) is 5.69 Å². The van der Waals surface area contributed by atoms with Gasteiger partial charge < -0.3 is 5.32 Å². The molecule has 1 N–H and O–H groups in total. The number of benzene rings is 1. The van der Waals surface area contributed by atoms with Gasteiger partial charge in [0.05, 0.1) is 12.3 Å². The second-order valence-electron chi connectivity index (χ2n) is 4.02. The van der Waals surface area contributed by atoms with Crippen molar-refractivity contribution in [2.24, 2.45) is 7.05 Å². The summed E-state index contributed by atoms with van der Waals surface area (Å²) in [5.41, 5.74) is 3.01. The third kappa shape index (κ3) is 2.64. The minimum absolute atomic E-state index is 0.369. The Bertz CT molecular complexity index is 533. The Labute approximate surface area is 100 Å². The summed E-state index contributed by atoms with van der Waals surface area (Å²) in [5.74, 6) is 0. The normalized spacial score (nSPS) is 11.8. The lowest BCUT2D eigenvalue weighted by atomic mass is 10.1. The van der Waals surface area contributed by atoms with E-state index in [1.807, 2.05) is 44.4 Å². The summed E-state index contributed by atoms with van der Waals surface area (Å²) >= 11 is 0. The average molecular weight is 226 g/mol. The van der Waals surface area contributed by atoms with Crippen LogP contribution in [-0.2, 0) is 7.05 Å². The standard InChI is InChI=1S/C13H14N4/c1-10-3-5-12(6-4-10)16-13(7-14)11-8-15-17(2)9-11/h3-6,8-9,13,16H,1-2H3. The zero-order valence-electron chi connectivity index (χ0n) is 9.88. The van der Waals surface area contributed by atoms with Gasteiger partial charge in [-0.25, -0.2) is 0 Å². The van der Waals surface area contributed by atoms with Crippen LogP contribution in [0.1, 0.15) is 17.2 Å². The number of hydrogen-bond acceptors (Lipinski definition) is 3. The van der Waals surface area contributed by atoms with E-state index in [-0.39, 0.29) is 6.04 Å². The van der Waals surface area contributed by atoms with E-state index < -0.39 is 0 Å². The number of nitrogens with one attached hydrogen (secondary N) is 1. The molecule has 0 aliphatic rings. The molecule has 4 nitrogen and oxygen atoms in total. The first-order valence-electron chi connectivity index (χ1n) is 5.40. The number of aromatic nitrogens is 2. The summed E-state index contributed by atoms with van der Waals surface area (Å²) in [6.45, 7) is 2.03. The summed E-state index contributed by atoms with van der Waals surface area (Å²) in [6, 6.07) is 9.83. The van der Waals surface area contributed by atoms with Crippen LogP contribution in [0.25, 0.3) is 0 Å². The average Bonchev–Trinajstić information content (AvgIpc) is 2.75. The lowest BCUT2D eigenvalue weighted by Crippen LogP contribution is -2.07. The molecule has 0 saturated carbocycles. The summed E-state index contributed by atoms with van der Waals surface area (Å²) in [7, 11) is 1.84. The van der Waals surface area contributed by atoms with Crippen LogP contribution in [0.15, 0.2) is 36.7 Å². The molecule has 0 saturated heterocycles. The van der Waals surface area contributed by atoms with Gasteiger partial charge in [-0.05, 0) is 19.1 Å². The van der Waals surface area contributed by atoms with Gasteiger partial charge in [0.25, 0.3) is 0 Å². The first-order chi connectivity index (χ1) is 8.19. The quantitative estimate of drug-likeness (QED) is 0.874. The monoisotopic (exact) mass is 226 g/mol. The SMILES string of the molecule is Cc1ccc(NC(C#N)c2cnn(C)c2)cc1. The van der Waals surface area contributed by atoms with Crippen molar-refractivity contribution >= 4 is 5.69 Å². The molecule has 2 rings (SSSR count). The predicted molar refractivity (Wildman–Crippen MR) is 66.4 cm³/mol. The highest BCUT2D eigenvalue weighted by Crippen LogP contribution is 2.18. The lowest BCUT2D eigenvalue weighted by molar-refractivity contribution is 0.766. The lowest BCUT2D eigenvalue weighted by Gasteiger charge is -2.11. The molecule has 0 aliphatic carbocycles. The van der Waals surface area contributed by atoms with Crippen LogP contribution in [0.5, 0.6) is 0 Å². The third-order valence-electron chi connectivity index (χ3n) is 2.55. The Morgan fingerprint density at radius 1 is 1.35 bits per heavy atom. The molecule has 1 aromatic heterocycles. The maximum Gasteiger partial charge on any atom is 0.143 e. The Hall–Kier alpha value is -2.28. The van der Waals surface area contributed by atoms with Gasteiger partial charge in [-0.15, -0.1) is 0 Å². The van der Waals surface area contributed by atoms with Crippen LogP contribution in [0.3, 0.4) is 0 Å². The molecule has 2 aromatic rings. The molecule has 1 heterocycles. The molecule has 0 fully saturated rings. The highest BCUT2D eigenvalue weighted by molar-refractivity contribution is 5.48. The molecular formula is C13H14N4. The number of anilines is 1. The van der Waals surface area contributed by atoms with Crippen molar-refractivity contribution in [1.82, 2.24) is 9.78 Å². The Kier molecular flexibility index (Phi) is 3.10. The molecule has 0 radical (unpaired) electrons. The minimum Gasteiger partial charge on any atom is -0.366 e. The molecule has 86 valence electrons. The highest BCUT2D eigenvalue weighted by atomic mass is 15.2. The van der Waals surface area contributed by atoms with Crippen molar-refractivity contribution in [2.45, 2.75) is 13.0 Å². The minimum atomic E-state index is -0.369. The van der Waals surface area contributed by atoms with E-state index in [1.54, 1.807) is 10.9 Å². The van der Waals surface area contributed by atoms with Crippen LogP contribution in [-0.4, -0.2) is 9.78 Å². The van der Waals surface area contributed by atoms with Crippen molar-refractivity contribution in [2.75, 3.05) is 5.32 Å². The van der Waals surface area contributed by atoms with Crippen LogP contribution < -0.4 is 5.32 Å². The van der Waals surface area contributed by atoms with Crippen molar-refractivity contribution in [3.63, 3.8) is 0 Å². The van der Waals surface area contributed by atoms with Crippen molar-refractivity contribution in [3.8, 4) is 6.07 Å². The Morgan fingerprint density at radius 3 is 2.59 bits per heavy atom. The predicted octanol–water partition coefficient (Wildman–Crippen LogP) is 2.41. The van der Waals surface area contributed by atoms with E-state index in [1.165, 1.54) is 5.56 Å². The van der Waals surface area contributed by atoms with Gasteiger partial charge in [0, 0.05) is 24.5 Å². The third-order valence-corrected chi connectivity index (χ3v) is 2.55. The zero-order chi connectivity index (χ0) is 12.3. The number of nitriles is 1. The van der Waals surface area contributed by atoms with E-state index in [0.717, 1.165) is 11.3 Å². The molecule has 0 bridgehead atoms. The van der Waals surface area contributed by atoms with Gasteiger partial charge in [0.1, 0.15) is 6.04 Å². The second kappa shape index (κ2) is 4.71. The molecule has 4 heteroatoms. The van der Waals surface area contributed by atoms with Gasteiger partial charge in [-0.2, -0.15) is 10.4 Å². The van der Waals surface area contributed by atoms with Crippen molar-refractivity contribution in [3.05, 3.63) is 47.8 Å². The molecule has 0 spiro atoms. The molecule has 1 aromatic carbocycles.